The Labute approximate surface area is 241 Å². The molecule has 8 rings (SSSR count). The second-order valence-corrected chi connectivity index (χ2v) is 10.7. The molecular weight excluding hydrogens is 532 g/mol. The fourth-order valence-electron chi connectivity index (χ4n) is 6.76. The molecular formula is C34H26N2O6. The highest BCUT2D eigenvalue weighted by Gasteiger charge is 2.61. The van der Waals surface area contributed by atoms with E-state index in [1.54, 1.807) is 43.5 Å². The van der Waals surface area contributed by atoms with Crippen LogP contribution in [0.2, 0.25) is 0 Å². The first kappa shape index (κ1) is 25.7. The van der Waals surface area contributed by atoms with Gasteiger partial charge in [-0.3, -0.25) is 14.4 Å². The van der Waals surface area contributed by atoms with Crippen molar-refractivity contribution in [2.45, 2.75) is 11.8 Å². The number of nitrogens with one attached hydrogen (secondary N) is 1. The number of carbonyl (C=O) groups excluding carboxylic acids is 4. The number of anilines is 2. The Balaban J connectivity index is 1.07. The van der Waals surface area contributed by atoms with Gasteiger partial charge in [0, 0.05) is 17.5 Å². The van der Waals surface area contributed by atoms with Crippen molar-refractivity contribution in [3.8, 4) is 5.75 Å². The maximum Gasteiger partial charge on any atom is 0.338 e. The van der Waals surface area contributed by atoms with Gasteiger partial charge < -0.3 is 14.8 Å². The highest BCUT2D eigenvalue weighted by atomic mass is 16.5. The van der Waals surface area contributed by atoms with Gasteiger partial charge >= 0.3 is 5.97 Å². The average Bonchev–Trinajstić information content (AvgIpc) is 3.30. The zero-order chi connectivity index (χ0) is 29.0. The van der Waals surface area contributed by atoms with Crippen LogP contribution in [0.25, 0.3) is 0 Å². The molecule has 8 nitrogen and oxygen atoms in total. The van der Waals surface area contributed by atoms with Gasteiger partial charge in [-0.15, -0.1) is 0 Å². The molecule has 2 atom stereocenters. The lowest BCUT2D eigenvalue weighted by Gasteiger charge is -2.45. The van der Waals surface area contributed by atoms with Crippen LogP contribution in [0.4, 0.5) is 11.4 Å². The summed E-state index contributed by atoms with van der Waals surface area (Å²) in [6.07, 6.45) is 0. The molecule has 8 heteroatoms. The Morgan fingerprint density at radius 2 is 1.21 bits per heavy atom. The maximum absolute atomic E-state index is 13.9. The van der Waals surface area contributed by atoms with E-state index in [9.17, 15) is 19.2 Å². The van der Waals surface area contributed by atoms with Crippen molar-refractivity contribution in [3.05, 3.63) is 125 Å². The summed E-state index contributed by atoms with van der Waals surface area (Å²) in [5, 5.41) is 2.65. The van der Waals surface area contributed by atoms with Gasteiger partial charge in [0.2, 0.25) is 11.8 Å². The van der Waals surface area contributed by atoms with Crippen molar-refractivity contribution in [1.82, 2.24) is 0 Å². The molecule has 0 spiro atoms. The van der Waals surface area contributed by atoms with E-state index in [1.165, 1.54) is 17.0 Å². The van der Waals surface area contributed by atoms with Crippen molar-refractivity contribution in [3.63, 3.8) is 0 Å². The van der Waals surface area contributed by atoms with Crippen LogP contribution in [0.5, 0.6) is 5.75 Å². The normalized spacial score (nSPS) is 21.3. The van der Waals surface area contributed by atoms with Crippen molar-refractivity contribution < 1.29 is 28.7 Å². The van der Waals surface area contributed by atoms with E-state index in [4.69, 9.17) is 9.47 Å². The van der Waals surface area contributed by atoms with Crippen LogP contribution < -0.4 is 15.0 Å². The van der Waals surface area contributed by atoms with Gasteiger partial charge in [0.25, 0.3) is 5.91 Å². The number of esters is 1. The van der Waals surface area contributed by atoms with Crippen LogP contribution in [0.3, 0.4) is 0 Å². The molecule has 1 saturated heterocycles. The summed E-state index contributed by atoms with van der Waals surface area (Å²) in [6, 6.07) is 29.1. The minimum atomic E-state index is -0.692. The summed E-state index contributed by atoms with van der Waals surface area (Å²) in [5.74, 6) is -2.33. The van der Waals surface area contributed by atoms with E-state index in [-0.39, 0.29) is 29.2 Å². The Kier molecular flexibility index (Phi) is 6.12. The number of amides is 3. The van der Waals surface area contributed by atoms with Gasteiger partial charge in [-0.05, 0) is 70.8 Å². The third kappa shape index (κ3) is 3.98. The summed E-state index contributed by atoms with van der Waals surface area (Å²) < 4.78 is 10.3. The Bertz CT molecular complexity index is 1630. The maximum atomic E-state index is 13.9. The molecule has 1 fully saturated rings. The lowest BCUT2D eigenvalue weighted by Crippen LogP contribution is -2.41. The number of methoxy groups -OCH3 is 1. The third-order valence-electron chi connectivity index (χ3n) is 8.52. The lowest BCUT2D eigenvalue weighted by atomic mass is 9.55. The molecule has 42 heavy (non-hydrogen) atoms. The SMILES string of the molecule is COc1ccc(NC(=O)COC(=O)c2ccc(N3C(=O)[C@H]4C5c6ccccc6C(c6ccccc65)[C@@H]4C3=O)cc2)cc1. The quantitative estimate of drug-likeness (QED) is 0.267. The van der Waals surface area contributed by atoms with Crippen molar-refractivity contribution in [2.75, 3.05) is 23.9 Å². The van der Waals surface area contributed by atoms with Crippen LogP contribution in [-0.2, 0) is 19.1 Å². The van der Waals surface area contributed by atoms with E-state index in [2.05, 4.69) is 29.6 Å². The van der Waals surface area contributed by atoms with Gasteiger partial charge in [-0.2, -0.15) is 0 Å². The minimum Gasteiger partial charge on any atom is -0.497 e. The van der Waals surface area contributed by atoms with Crippen molar-refractivity contribution in [2.24, 2.45) is 11.8 Å². The summed E-state index contributed by atoms with van der Waals surface area (Å²) in [7, 11) is 1.55. The topological polar surface area (TPSA) is 102 Å². The lowest BCUT2D eigenvalue weighted by molar-refractivity contribution is -0.122. The number of imide groups is 1. The first-order valence-corrected chi connectivity index (χ1v) is 13.7. The smallest absolute Gasteiger partial charge is 0.338 e. The van der Waals surface area contributed by atoms with E-state index in [0.717, 1.165) is 22.3 Å². The fraction of sp³-hybridized carbons (Fsp3) is 0.176. The number of benzene rings is 4. The number of rotatable bonds is 6. The van der Waals surface area contributed by atoms with Crippen molar-refractivity contribution >= 4 is 35.1 Å². The number of nitrogens with zero attached hydrogens (tertiary/aromatic N) is 1. The standard InChI is InChI=1S/C34H26N2O6/c1-41-22-16-12-20(13-17-22)35-27(37)18-42-34(40)19-10-14-21(15-11-19)36-32(38)30-28-23-6-2-3-7-24(23)29(31(30)33(36)39)26-9-5-4-8-25(26)28/h2-17,28-31H,18H2,1H3,(H,35,37)/t28?,29?,30-,31-/m0/s1. The van der Waals surface area contributed by atoms with Gasteiger partial charge in [0.1, 0.15) is 5.75 Å². The molecule has 3 amide bonds. The van der Waals surface area contributed by atoms with E-state index >= 15 is 0 Å². The van der Waals surface area contributed by atoms with Crippen molar-refractivity contribution in [1.29, 1.82) is 0 Å². The Morgan fingerprint density at radius 3 is 1.69 bits per heavy atom. The second-order valence-electron chi connectivity index (χ2n) is 10.7. The first-order valence-electron chi connectivity index (χ1n) is 13.7. The molecule has 2 bridgehead atoms. The molecule has 208 valence electrons. The second kappa shape index (κ2) is 9.99. The van der Waals surface area contributed by atoms with Crippen LogP contribution in [0.15, 0.2) is 97.1 Å². The summed E-state index contributed by atoms with van der Waals surface area (Å²) in [4.78, 5) is 54.0. The van der Waals surface area contributed by atoms with E-state index in [0.29, 0.717) is 17.1 Å². The molecule has 0 saturated carbocycles. The molecule has 0 unspecified atom stereocenters. The van der Waals surface area contributed by atoms with Gasteiger partial charge in [0.15, 0.2) is 6.61 Å². The van der Waals surface area contributed by atoms with Crippen LogP contribution in [0, 0.1) is 11.8 Å². The monoisotopic (exact) mass is 558 g/mol. The zero-order valence-corrected chi connectivity index (χ0v) is 22.7. The minimum absolute atomic E-state index is 0.188. The molecule has 0 radical (unpaired) electrons. The summed E-state index contributed by atoms with van der Waals surface area (Å²) >= 11 is 0. The molecule has 1 N–H and O–H groups in total. The number of hydrogen-bond acceptors (Lipinski definition) is 6. The van der Waals surface area contributed by atoms with Gasteiger partial charge in [-0.25, -0.2) is 9.69 Å². The van der Waals surface area contributed by atoms with E-state index in [1.807, 2.05) is 24.3 Å². The molecule has 4 aromatic rings. The first-order chi connectivity index (χ1) is 20.5. The van der Waals surface area contributed by atoms with Gasteiger partial charge in [-0.1, -0.05) is 48.5 Å². The number of carbonyl (C=O) groups is 4. The van der Waals surface area contributed by atoms with E-state index < -0.39 is 30.3 Å². The summed E-state index contributed by atoms with van der Waals surface area (Å²) in [6.45, 7) is -0.469. The van der Waals surface area contributed by atoms with Crippen LogP contribution >= 0.6 is 0 Å². The molecule has 1 aliphatic heterocycles. The van der Waals surface area contributed by atoms with Crippen LogP contribution in [-0.4, -0.2) is 37.4 Å². The van der Waals surface area contributed by atoms with Gasteiger partial charge in [0.05, 0.1) is 30.2 Å². The molecule has 0 aromatic heterocycles. The average molecular weight is 559 g/mol. The molecule has 4 aliphatic rings. The predicted molar refractivity (Wildman–Crippen MR) is 154 cm³/mol. The highest BCUT2D eigenvalue weighted by molar-refractivity contribution is 6.23. The number of ether oxygens (including phenoxy) is 2. The number of hydrogen-bond donors (Lipinski definition) is 1. The third-order valence-corrected chi connectivity index (χ3v) is 8.52. The molecule has 4 aromatic carbocycles. The predicted octanol–water partition coefficient (Wildman–Crippen LogP) is 4.89. The Hall–Kier alpha value is -5.24. The summed E-state index contributed by atoms with van der Waals surface area (Å²) in [5.41, 5.74) is 5.59. The van der Waals surface area contributed by atoms with Crippen LogP contribution in [0.1, 0.15) is 44.4 Å². The zero-order valence-electron chi connectivity index (χ0n) is 22.7. The molecule has 1 heterocycles. The Morgan fingerprint density at radius 1 is 0.714 bits per heavy atom. The largest absolute Gasteiger partial charge is 0.497 e. The molecule has 3 aliphatic carbocycles. The highest BCUT2D eigenvalue weighted by Crippen LogP contribution is 2.61. The fourth-order valence-corrected chi connectivity index (χ4v) is 6.76.